The fourth-order valence-electron chi connectivity index (χ4n) is 1.40. The molecule has 0 bridgehead atoms. The van der Waals surface area contributed by atoms with E-state index in [4.69, 9.17) is 26.9 Å². The molecule has 6 heteroatoms. The van der Waals surface area contributed by atoms with E-state index in [0.29, 0.717) is 11.1 Å². The average molecular weight is 258 g/mol. The number of hydrogen-bond donors (Lipinski definition) is 2. The van der Waals surface area contributed by atoms with E-state index < -0.39 is 5.97 Å². The molecule has 2 aromatic heterocycles. The maximum Gasteiger partial charge on any atom is 0.348 e. The lowest BCUT2D eigenvalue weighted by Gasteiger charge is -1.95. The predicted molar refractivity (Wildman–Crippen MR) is 63.1 cm³/mol. The van der Waals surface area contributed by atoms with Gasteiger partial charge in [0.25, 0.3) is 0 Å². The zero-order valence-electron chi connectivity index (χ0n) is 8.28. The molecule has 0 atom stereocenters. The molecule has 16 heavy (non-hydrogen) atoms. The number of carbonyl (C=O) groups is 1. The van der Waals surface area contributed by atoms with E-state index in [0.717, 1.165) is 16.2 Å². The van der Waals surface area contributed by atoms with Crippen molar-refractivity contribution in [3.8, 4) is 10.4 Å². The Balaban J connectivity index is 2.64. The maximum absolute atomic E-state index is 10.9. The van der Waals surface area contributed by atoms with Gasteiger partial charge in [-0.3, -0.25) is 0 Å². The van der Waals surface area contributed by atoms with E-state index in [-0.39, 0.29) is 15.8 Å². The number of carboxylic acids is 1. The van der Waals surface area contributed by atoms with Crippen LogP contribution >= 0.6 is 22.9 Å². The minimum Gasteiger partial charge on any atom is -0.477 e. The van der Waals surface area contributed by atoms with Crippen molar-refractivity contribution >= 4 is 34.6 Å². The summed E-state index contributed by atoms with van der Waals surface area (Å²) in [6.45, 7) is 1.76. The van der Waals surface area contributed by atoms with Crippen molar-refractivity contribution in [1.82, 2.24) is 0 Å². The molecule has 0 amide bonds. The van der Waals surface area contributed by atoms with E-state index in [9.17, 15) is 4.79 Å². The van der Waals surface area contributed by atoms with Gasteiger partial charge in [-0.2, -0.15) is 0 Å². The van der Waals surface area contributed by atoms with Crippen molar-refractivity contribution in [1.29, 1.82) is 0 Å². The summed E-state index contributed by atoms with van der Waals surface area (Å²) in [7, 11) is 0. The first-order valence-electron chi connectivity index (χ1n) is 4.38. The van der Waals surface area contributed by atoms with Crippen molar-refractivity contribution in [3.05, 3.63) is 28.0 Å². The summed E-state index contributed by atoms with van der Waals surface area (Å²) in [5.41, 5.74) is 7.38. The highest BCUT2D eigenvalue weighted by atomic mass is 35.5. The highest BCUT2D eigenvalue weighted by molar-refractivity contribution is 7.18. The van der Waals surface area contributed by atoms with Crippen LogP contribution < -0.4 is 5.73 Å². The Morgan fingerprint density at radius 2 is 2.31 bits per heavy atom. The van der Waals surface area contributed by atoms with Gasteiger partial charge < -0.3 is 15.3 Å². The van der Waals surface area contributed by atoms with Crippen molar-refractivity contribution in [3.63, 3.8) is 0 Å². The minimum absolute atomic E-state index is 0.129. The van der Waals surface area contributed by atoms with Crippen LogP contribution in [-0.4, -0.2) is 11.1 Å². The number of anilines is 1. The van der Waals surface area contributed by atoms with Crippen LogP contribution in [0.4, 0.5) is 5.69 Å². The molecule has 2 rings (SSSR count). The second-order valence-corrected chi connectivity index (χ2v) is 4.58. The lowest BCUT2D eigenvalue weighted by atomic mass is 10.1. The van der Waals surface area contributed by atoms with Gasteiger partial charge in [0.2, 0.25) is 5.22 Å². The van der Waals surface area contributed by atoms with Gasteiger partial charge in [-0.25, -0.2) is 4.79 Å². The van der Waals surface area contributed by atoms with Crippen LogP contribution in [0.3, 0.4) is 0 Å². The molecule has 0 fully saturated rings. The number of nitrogens with two attached hydrogens (primary N) is 1. The van der Waals surface area contributed by atoms with E-state index >= 15 is 0 Å². The van der Waals surface area contributed by atoms with E-state index in [1.54, 1.807) is 13.0 Å². The van der Waals surface area contributed by atoms with Crippen LogP contribution in [0.2, 0.25) is 5.22 Å². The third-order valence-corrected chi connectivity index (χ3v) is 3.87. The SMILES string of the molecule is Cc1c(-c2ccoc2Cl)sc(C(=O)O)c1N. The van der Waals surface area contributed by atoms with Gasteiger partial charge in [-0.15, -0.1) is 11.3 Å². The summed E-state index contributed by atoms with van der Waals surface area (Å²) in [4.78, 5) is 11.8. The molecule has 84 valence electrons. The number of hydrogen-bond acceptors (Lipinski definition) is 4. The molecule has 0 unspecified atom stereocenters. The second kappa shape index (κ2) is 3.84. The molecule has 2 aromatic rings. The fraction of sp³-hybridized carbons (Fsp3) is 0.100. The van der Waals surface area contributed by atoms with Gasteiger partial charge in [0.15, 0.2) is 0 Å². The molecule has 3 N–H and O–H groups in total. The van der Waals surface area contributed by atoms with Gasteiger partial charge in [-0.05, 0) is 30.2 Å². The van der Waals surface area contributed by atoms with Crippen LogP contribution in [-0.2, 0) is 0 Å². The zero-order valence-corrected chi connectivity index (χ0v) is 9.85. The van der Waals surface area contributed by atoms with Crippen LogP contribution in [0.5, 0.6) is 0 Å². The largest absolute Gasteiger partial charge is 0.477 e. The number of rotatable bonds is 2. The third kappa shape index (κ3) is 1.58. The van der Waals surface area contributed by atoms with Crippen molar-refractivity contribution < 1.29 is 14.3 Å². The molecule has 4 nitrogen and oxygen atoms in total. The zero-order chi connectivity index (χ0) is 11.9. The van der Waals surface area contributed by atoms with Gasteiger partial charge in [0.1, 0.15) is 4.88 Å². The highest BCUT2D eigenvalue weighted by Crippen LogP contribution is 2.41. The lowest BCUT2D eigenvalue weighted by molar-refractivity contribution is 0.0703. The first-order chi connectivity index (χ1) is 7.52. The number of thiophene rings is 1. The van der Waals surface area contributed by atoms with Gasteiger partial charge in [0.05, 0.1) is 12.0 Å². The Kier molecular flexibility index (Phi) is 2.65. The molecule has 0 aliphatic rings. The predicted octanol–water partition coefficient (Wildman–Crippen LogP) is 3.25. The van der Waals surface area contributed by atoms with Crippen LogP contribution in [0.25, 0.3) is 10.4 Å². The molecule has 0 radical (unpaired) electrons. The molecule has 0 spiro atoms. The highest BCUT2D eigenvalue weighted by Gasteiger charge is 2.20. The normalized spacial score (nSPS) is 10.6. The molecular formula is C10H8ClNO3S. The number of halogens is 1. The van der Waals surface area contributed by atoms with E-state index in [1.165, 1.54) is 6.26 Å². The Labute approximate surface area is 100 Å². The van der Waals surface area contributed by atoms with E-state index in [2.05, 4.69) is 0 Å². The molecule has 0 aliphatic carbocycles. The van der Waals surface area contributed by atoms with E-state index in [1.807, 2.05) is 0 Å². The molecule has 0 aliphatic heterocycles. The molecule has 2 heterocycles. The summed E-state index contributed by atoms with van der Waals surface area (Å²) >= 11 is 6.94. The summed E-state index contributed by atoms with van der Waals surface area (Å²) in [5, 5.41) is 9.18. The lowest BCUT2D eigenvalue weighted by Crippen LogP contribution is -1.97. The monoisotopic (exact) mass is 257 g/mol. The maximum atomic E-state index is 10.9. The Hall–Kier alpha value is -1.46. The Bertz CT molecular complexity index is 558. The van der Waals surface area contributed by atoms with Gasteiger partial charge >= 0.3 is 5.97 Å². The van der Waals surface area contributed by atoms with Crippen LogP contribution in [0, 0.1) is 6.92 Å². The van der Waals surface area contributed by atoms with Crippen molar-refractivity contribution in [2.24, 2.45) is 0 Å². The number of carboxylic acid groups (broad SMARTS) is 1. The summed E-state index contributed by atoms with van der Waals surface area (Å²) in [6, 6.07) is 1.69. The first kappa shape index (κ1) is 11.0. The van der Waals surface area contributed by atoms with Crippen LogP contribution in [0.15, 0.2) is 16.7 Å². The van der Waals surface area contributed by atoms with Crippen LogP contribution in [0.1, 0.15) is 15.2 Å². The smallest absolute Gasteiger partial charge is 0.348 e. The number of nitrogen functional groups attached to an aromatic ring is 1. The third-order valence-electron chi connectivity index (χ3n) is 2.25. The molecular weight excluding hydrogens is 250 g/mol. The van der Waals surface area contributed by atoms with Crippen molar-refractivity contribution in [2.75, 3.05) is 5.73 Å². The Morgan fingerprint density at radius 3 is 2.75 bits per heavy atom. The fourth-order valence-corrected chi connectivity index (χ4v) is 2.75. The molecule has 0 saturated heterocycles. The topological polar surface area (TPSA) is 76.5 Å². The minimum atomic E-state index is -1.03. The summed E-state index contributed by atoms with van der Waals surface area (Å²) in [5.74, 6) is -1.03. The standard InChI is InChI=1S/C10H8ClNO3S/c1-4-6(12)8(10(13)14)16-7(4)5-2-3-15-9(5)11/h2-3H,12H2,1H3,(H,13,14). The molecule has 0 saturated carbocycles. The van der Waals surface area contributed by atoms with Gasteiger partial charge in [0, 0.05) is 10.4 Å². The summed E-state index contributed by atoms with van der Waals surface area (Å²) < 4.78 is 4.97. The molecule has 0 aromatic carbocycles. The number of furan rings is 1. The second-order valence-electron chi connectivity index (χ2n) is 3.21. The first-order valence-corrected chi connectivity index (χ1v) is 5.57. The van der Waals surface area contributed by atoms with Gasteiger partial charge in [-0.1, -0.05) is 0 Å². The van der Waals surface area contributed by atoms with Crippen molar-refractivity contribution in [2.45, 2.75) is 6.92 Å². The number of aromatic carboxylic acids is 1. The summed E-state index contributed by atoms with van der Waals surface area (Å²) in [6.07, 6.45) is 1.45. The average Bonchev–Trinajstić information content (AvgIpc) is 2.74. The Morgan fingerprint density at radius 1 is 1.62 bits per heavy atom. The quantitative estimate of drug-likeness (QED) is 0.866.